The summed E-state index contributed by atoms with van der Waals surface area (Å²) < 4.78 is 19.9. The van der Waals surface area contributed by atoms with Crippen LogP contribution in [0.5, 0.6) is 0 Å². The van der Waals surface area contributed by atoms with Gasteiger partial charge < -0.3 is 14.2 Å². The molecule has 0 saturated carbocycles. The molecule has 0 aromatic heterocycles. The van der Waals surface area contributed by atoms with Crippen molar-refractivity contribution in [3.63, 3.8) is 0 Å². The molecule has 0 radical (unpaired) electrons. The summed E-state index contributed by atoms with van der Waals surface area (Å²) in [5.41, 5.74) is 5.93. The first kappa shape index (κ1) is 26.9. The number of benzene rings is 5. The maximum atomic E-state index is 6.71. The lowest BCUT2D eigenvalue weighted by atomic mass is 9.84. The SMILES string of the molecule is CC(CCCOCc1c2ccccc2cc2ccccc12)(C1=N[C@@H]2c3ccccc3C[C@@H]2O1)C1=N[C@@H]2c3ccccc3C[C@@H]2O1. The molecule has 0 bridgehead atoms. The van der Waals surface area contributed by atoms with Crippen LogP contribution in [0, 0.1) is 5.41 Å². The van der Waals surface area contributed by atoms with Crippen LogP contribution in [0.3, 0.4) is 0 Å². The summed E-state index contributed by atoms with van der Waals surface area (Å²) in [4.78, 5) is 10.5. The molecule has 0 unspecified atom stereocenters. The molecule has 0 fully saturated rings. The van der Waals surface area contributed by atoms with Gasteiger partial charge in [-0.25, -0.2) is 9.98 Å². The van der Waals surface area contributed by atoms with Gasteiger partial charge in [0.05, 0.1) is 6.61 Å². The highest BCUT2D eigenvalue weighted by Gasteiger charge is 2.52. The summed E-state index contributed by atoms with van der Waals surface area (Å²) in [6.07, 6.45) is 3.46. The number of hydrogen-bond acceptors (Lipinski definition) is 5. The molecule has 4 aliphatic rings. The normalized spacial score (nSPS) is 22.8. The van der Waals surface area contributed by atoms with E-state index >= 15 is 0 Å². The third kappa shape index (κ3) is 4.39. The van der Waals surface area contributed by atoms with Gasteiger partial charge in [0, 0.05) is 19.4 Å². The molecule has 224 valence electrons. The Morgan fingerprint density at radius 3 is 1.78 bits per heavy atom. The Balaban J connectivity index is 0.978. The first-order chi connectivity index (χ1) is 22.2. The third-order valence-corrected chi connectivity index (χ3v) is 10.4. The highest BCUT2D eigenvalue weighted by Crippen LogP contribution is 2.48. The van der Waals surface area contributed by atoms with Gasteiger partial charge in [-0.1, -0.05) is 97.1 Å². The molecule has 5 aromatic carbocycles. The monoisotopic (exact) mass is 592 g/mol. The van der Waals surface area contributed by atoms with E-state index in [2.05, 4.69) is 110 Å². The van der Waals surface area contributed by atoms with Crippen LogP contribution in [-0.2, 0) is 33.7 Å². The van der Waals surface area contributed by atoms with E-state index in [0.29, 0.717) is 13.2 Å². The topological polar surface area (TPSA) is 52.4 Å². The fraction of sp³-hybridized carbons (Fsp3) is 0.300. The zero-order valence-corrected chi connectivity index (χ0v) is 25.5. The van der Waals surface area contributed by atoms with Crippen molar-refractivity contribution in [2.45, 2.75) is 63.5 Å². The van der Waals surface area contributed by atoms with E-state index in [1.807, 2.05) is 0 Å². The lowest BCUT2D eigenvalue weighted by molar-refractivity contribution is 0.111. The Hall–Kier alpha value is -4.48. The first-order valence-corrected chi connectivity index (χ1v) is 16.3. The van der Waals surface area contributed by atoms with Crippen LogP contribution in [0.2, 0.25) is 0 Å². The van der Waals surface area contributed by atoms with Gasteiger partial charge in [0.25, 0.3) is 0 Å². The van der Waals surface area contributed by atoms with Crippen LogP contribution >= 0.6 is 0 Å². The lowest BCUT2D eigenvalue weighted by Gasteiger charge is -2.29. The average molecular weight is 593 g/mol. The zero-order valence-electron chi connectivity index (χ0n) is 25.5. The van der Waals surface area contributed by atoms with Gasteiger partial charge in [-0.2, -0.15) is 0 Å². The summed E-state index contributed by atoms with van der Waals surface area (Å²) in [6, 6.07) is 36.7. The molecule has 0 N–H and O–H groups in total. The van der Waals surface area contributed by atoms with Crippen LogP contribution in [0.1, 0.15) is 59.7 Å². The highest BCUT2D eigenvalue weighted by atomic mass is 16.5. The van der Waals surface area contributed by atoms with Crippen LogP contribution in [-0.4, -0.2) is 30.6 Å². The van der Waals surface area contributed by atoms with Crippen molar-refractivity contribution in [3.05, 3.63) is 131 Å². The van der Waals surface area contributed by atoms with E-state index in [9.17, 15) is 0 Å². The number of aliphatic imine (C=N–C) groups is 2. The largest absolute Gasteiger partial charge is 0.474 e. The van der Waals surface area contributed by atoms with Crippen molar-refractivity contribution in [2.24, 2.45) is 15.4 Å². The molecule has 2 heterocycles. The van der Waals surface area contributed by atoms with Gasteiger partial charge in [0.2, 0.25) is 0 Å². The molecule has 0 amide bonds. The second-order valence-electron chi connectivity index (χ2n) is 13.2. The maximum Gasteiger partial charge on any atom is 0.200 e. The average Bonchev–Trinajstić information content (AvgIpc) is 3.84. The summed E-state index contributed by atoms with van der Waals surface area (Å²) in [5.74, 6) is 1.53. The zero-order chi connectivity index (χ0) is 30.0. The highest BCUT2D eigenvalue weighted by molar-refractivity contribution is 6.06. The van der Waals surface area contributed by atoms with Crippen LogP contribution in [0.15, 0.2) is 113 Å². The maximum absolute atomic E-state index is 6.71. The Labute approximate surface area is 263 Å². The third-order valence-electron chi connectivity index (χ3n) is 10.4. The predicted molar refractivity (Wildman–Crippen MR) is 179 cm³/mol. The summed E-state index contributed by atoms with van der Waals surface area (Å²) >= 11 is 0. The number of nitrogens with zero attached hydrogens (tertiary/aromatic N) is 2. The van der Waals surface area contributed by atoms with Crippen molar-refractivity contribution in [2.75, 3.05) is 6.61 Å². The Bertz CT molecular complexity index is 1880. The molecular formula is C40H36N2O3. The van der Waals surface area contributed by atoms with Crippen LogP contribution < -0.4 is 0 Å². The van der Waals surface area contributed by atoms with E-state index in [1.165, 1.54) is 49.4 Å². The smallest absolute Gasteiger partial charge is 0.200 e. The molecular weight excluding hydrogens is 556 g/mol. The molecule has 5 aromatic rings. The molecule has 0 saturated heterocycles. The molecule has 5 nitrogen and oxygen atoms in total. The van der Waals surface area contributed by atoms with Gasteiger partial charge in [0.1, 0.15) is 29.7 Å². The molecule has 2 aliphatic carbocycles. The van der Waals surface area contributed by atoms with E-state index in [4.69, 9.17) is 24.2 Å². The number of hydrogen-bond donors (Lipinski definition) is 0. The van der Waals surface area contributed by atoms with Crippen molar-refractivity contribution in [3.8, 4) is 0 Å². The van der Waals surface area contributed by atoms with Crippen LogP contribution in [0.4, 0.5) is 0 Å². The molecule has 4 atom stereocenters. The van der Waals surface area contributed by atoms with Crippen molar-refractivity contribution in [1.29, 1.82) is 0 Å². The molecule has 0 spiro atoms. The van der Waals surface area contributed by atoms with E-state index < -0.39 is 5.41 Å². The molecule has 9 rings (SSSR count). The number of fused-ring (bicyclic) bond motifs is 8. The van der Waals surface area contributed by atoms with Gasteiger partial charge >= 0.3 is 0 Å². The van der Waals surface area contributed by atoms with E-state index in [1.54, 1.807) is 0 Å². The lowest BCUT2D eigenvalue weighted by Crippen LogP contribution is -2.39. The number of ether oxygens (including phenoxy) is 3. The van der Waals surface area contributed by atoms with Crippen molar-refractivity contribution >= 4 is 33.3 Å². The number of rotatable bonds is 8. The second kappa shape index (κ2) is 10.6. The Morgan fingerprint density at radius 2 is 1.20 bits per heavy atom. The standard InChI is InChI=1S/C40H36N2O3/c1-40(38-41-36-31-17-8-4-13-27(31)22-34(36)44-38,39-42-37-32-18-9-5-14-28(32)23-35(37)45-39)19-10-20-43-24-33-29-15-6-2-11-25(29)21-26-12-3-7-16-30(26)33/h2-9,11-18,21,34-37H,10,19-20,22-24H2,1H3/t34-,35-,36+,37+/m0/s1. The fourth-order valence-electron chi connectivity index (χ4n) is 8.01. The molecule has 5 heteroatoms. The van der Waals surface area contributed by atoms with E-state index in [0.717, 1.165) is 37.5 Å². The van der Waals surface area contributed by atoms with Crippen molar-refractivity contribution in [1.82, 2.24) is 0 Å². The minimum atomic E-state index is -0.561. The first-order valence-electron chi connectivity index (χ1n) is 16.3. The Morgan fingerprint density at radius 1 is 0.689 bits per heavy atom. The molecule has 2 aliphatic heterocycles. The fourth-order valence-corrected chi connectivity index (χ4v) is 8.01. The Kier molecular flexibility index (Phi) is 6.31. The summed E-state index contributed by atoms with van der Waals surface area (Å²) in [5, 5.41) is 4.99. The van der Waals surface area contributed by atoms with E-state index in [-0.39, 0.29) is 24.3 Å². The molecule has 45 heavy (non-hydrogen) atoms. The van der Waals surface area contributed by atoms with Crippen LogP contribution in [0.25, 0.3) is 21.5 Å². The van der Waals surface area contributed by atoms with Gasteiger partial charge in [-0.15, -0.1) is 0 Å². The van der Waals surface area contributed by atoms with Crippen molar-refractivity contribution < 1.29 is 14.2 Å². The minimum Gasteiger partial charge on any atom is -0.474 e. The van der Waals surface area contributed by atoms with Gasteiger partial charge in [0.15, 0.2) is 11.8 Å². The summed E-state index contributed by atoms with van der Waals surface area (Å²) in [7, 11) is 0. The second-order valence-corrected chi connectivity index (χ2v) is 13.2. The van der Waals surface area contributed by atoms with Gasteiger partial charge in [-0.3, -0.25) is 0 Å². The minimum absolute atomic E-state index is 0.0358. The predicted octanol–water partition coefficient (Wildman–Crippen LogP) is 8.49. The van der Waals surface area contributed by atoms with Gasteiger partial charge in [-0.05, 0) is 75.2 Å². The quantitative estimate of drug-likeness (QED) is 0.134. The summed E-state index contributed by atoms with van der Waals surface area (Å²) in [6.45, 7) is 3.40.